The third-order valence-corrected chi connectivity index (χ3v) is 3.11. The molecule has 0 amide bonds. The lowest BCUT2D eigenvalue weighted by molar-refractivity contribution is -0.165. The predicted octanol–water partition coefficient (Wildman–Crippen LogP) is 2.19. The number of aromatic nitrogens is 1. The first-order valence-corrected chi connectivity index (χ1v) is 5.68. The molecular weight excluding hydrogens is 281 g/mol. The second-order valence-corrected chi connectivity index (χ2v) is 4.70. The Balaban J connectivity index is 3.12. The highest BCUT2D eigenvalue weighted by Gasteiger charge is 2.43. The van der Waals surface area contributed by atoms with Crippen molar-refractivity contribution in [3.05, 3.63) is 28.0 Å². The van der Waals surface area contributed by atoms with Gasteiger partial charge in [-0.2, -0.15) is 0 Å². The number of hydrogen-bond donors (Lipinski definition) is 1. The number of aliphatic carboxylic acids is 1. The van der Waals surface area contributed by atoms with Gasteiger partial charge in [-0.1, -0.05) is 23.2 Å². The van der Waals surface area contributed by atoms with Crippen LogP contribution in [0.3, 0.4) is 0 Å². The Kier molecular flexibility index (Phi) is 4.53. The summed E-state index contributed by atoms with van der Waals surface area (Å²) >= 11 is 11.6. The van der Waals surface area contributed by atoms with Gasteiger partial charge in [-0.3, -0.25) is 9.59 Å². The largest absolute Gasteiger partial charge is 0.480 e. The molecule has 1 unspecified atom stereocenters. The summed E-state index contributed by atoms with van der Waals surface area (Å²) in [6.45, 7) is 1.27. The monoisotopic (exact) mass is 291 g/mol. The van der Waals surface area contributed by atoms with Gasteiger partial charge in [0.25, 0.3) is 0 Å². The fourth-order valence-corrected chi connectivity index (χ4v) is 1.84. The van der Waals surface area contributed by atoms with Crippen LogP contribution in [0.2, 0.25) is 10.2 Å². The van der Waals surface area contributed by atoms with Gasteiger partial charge in [0.1, 0.15) is 5.15 Å². The predicted molar refractivity (Wildman–Crippen MR) is 65.7 cm³/mol. The van der Waals surface area contributed by atoms with Crippen LogP contribution < -0.4 is 0 Å². The van der Waals surface area contributed by atoms with Crippen molar-refractivity contribution >= 4 is 35.1 Å². The van der Waals surface area contributed by atoms with Gasteiger partial charge >= 0.3 is 11.9 Å². The van der Waals surface area contributed by atoms with Crippen molar-refractivity contribution in [2.45, 2.75) is 13.3 Å². The van der Waals surface area contributed by atoms with Crippen LogP contribution in [0.1, 0.15) is 12.5 Å². The van der Waals surface area contributed by atoms with Crippen LogP contribution in [0.25, 0.3) is 0 Å². The van der Waals surface area contributed by atoms with Crippen molar-refractivity contribution in [3.8, 4) is 0 Å². The molecule has 0 saturated carbocycles. The van der Waals surface area contributed by atoms with E-state index in [1.807, 2.05) is 0 Å². The average Bonchev–Trinajstić information content (AvgIpc) is 2.31. The van der Waals surface area contributed by atoms with Crippen LogP contribution in [0.15, 0.2) is 12.3 Å². The summed E-state index contributed by atoms with van der Waals surface area (Å²) in [6.07, 6.45) is 1.22. The Morgan fingerprint density at radius 3 is 2.56 bits per heavy atom. The molecule has 0 radical (unpaired) electrons. The van der Waals surface area contributed by atoms with Crippen LogP contribution in [-0.4, -0.2) is 29.1 Å². The zero-order chi connectivity index (χ0) is 13.9. The second kappa shape index (κ2) is 5.54. The van der Waals surface area contributed by atoms with E-state index >= 15 is 0 Å². The van der Waals surface area contributed by atoms with Crippen molar-refractivity contribution in [1.82, 2.24) is 4.98 Å². The summed E-state index contributed by atoms with van der Waals surface area (Å²) in [7, 11) is 1.13. The summed E-state index contributed by atoms with van der Waals surface area (Å²) in [5.41, 5.74) is -1.30. The number of pyridine rings is 1. The molecule has 1 aromatic heterocycles. The highest BCUT2D eigenvalue weighted by molar-refractivity contribution is 6.34. The average molecular weight is 292 g/mol. The minimum Gasteiger partial charge on any atom is -0.480 e. The normalized spacial score (nSPS) is 13.8. The molecule has 0 spiro atoms. The maximum Gasteiger partial charge on any atom is 0.323 e. The Morgan fingerprint density at radius 2 is 2.11 bits per heavy atom. The lowest BCUT2D eigenvalue weighted by atomic mass is 9.84. The number of carboxylic acid groups (broad SMARTS) is 1. The number of nitrogens with zero attached hydrogens (tertiary/aromatic N) is 1. The second-order valence-electron chi connectivity index (χ2n) is 3.90. The first-order valence-electron chi connectivity index (χ1n) is 4.93. The zero-order valence-corrected chi connectivity index (χ0v) is 11.2. The first kappa shape index (κ1) is 14.7. The van der Waals surface area contributed by atoms with E-state index < -0.39 is 17.4 Å². The molecule has 0 bridgehead atoms. The Morgan fingerprint density at radius 1 is 1.50 bits per heavy atom. The lowest BCUT2D eigenvalue weighted by Gasteiger charge is -2.22. The van der Waals surface area contributed by atoms with Gasteiger partial charge in [-0.15, -0.1) is 0 Å². The molecule has 1 N–H and O–H groups in total. The van der Waals surface area contributed by atoms with Gasteiger partial charge in [0.2, 0.25) is 0 Å². The fourth-order valence-electron chi connectivity index (χ4n) is 1.41. The van der Waals surface area contributed by atoms with Crippen molar-refractivity contribution < 1.29 is 19.4 Å². The molecule has 98 valence electrons. The van der Waals surface area contributed by atoms with E-state index in [9.17, 15) is 9.59 Å². The number of carboxylic acids is 1. The maximum atomic E-state index is 11.6. The molecular formula is C11H11Cl2NO4. The van der Waals surface area contributed by atoms with E-state index in [1.165, 1.54) is 19.2 Å². The summed E-state index contributed by atoms with van der Waals surface area (Å²) in [5, 5.41) is 9.60. The number of ether oxygens (including phenoxy) is 1. The summed E-state index contributed by atoms with van der Waals surface area (Å²) < 4.78 is 4.50. The molecule has 5 nitrogen and oxygen atoms in total. The van der Waals surface area contributed by atoms with Gasteiger partial charge < -0.3 is 9.84 Å². The maximum absolute atomic E-state index is 11.6. The fraction of sp³-hybridized carbons (Fsp3) is 0.364. The molecule has 1 rings (SSSR count). The third-order valence-electron chi connectivity index (χ3n) is 2.55. The highest BCUT2D eigenvalue weighted by atomic mass is 35.5. The number of carbonyl (C=O) groups is 2. The van der Waals surface area contributed by atoms with E-state index in [2.05, 4.69) is 9.72 Å². The van der Waals surface area contributed by atoms with Crippen LogP contribution in [0.5, 0.6) is 0 Å². The smallest absolute Gasteiger partial charge is 0.323 e. The Bertz CT molecular complexity index is 492. The number of hydrogen-bond acceptors (Lipinski definition) is 4. The topological polar surface area (TPSA) is 76.5 Å². The number of esters is 1. The Labute approximate surface area is 114 Å². The molecule has 1 aromatic rings. The molecule has 0 aromatic carbocycles. The SMILES string of the molecule is COC(=O)C(C)(Cc1cnc(Cl)cc1Cl)C(=O)O. The van der Waals surface area contributed by atoms with E-state index in [-0.39, 0.29) is 16.6 Å². The quantitative estimate of drug-likeness (QED) is 0.523. The van der Waals surface area contributed by atoms with Crippen LogP contribution in [-0.2, 0) is 20.7 Å². The van der Waals surface area contributed by atoms with Gasteiger partial charge in [0.05, 0.1) is 7.11 Å². The highest BCUT2D eigenvalue weighted by Crippen LogP contribution is 2.29. The van der Waals surface area contributed by atoms with Gasteiger partial charge in [-0.25, -0.2) is 4.98 Å². The number of methoxy groups -OCH3 is 1. The molecule has 7 heteroatoms. The van der Waals surface area contributed by atoms with Crippen molar-refractivity contribution in [2.75, 3.05) is 7.11 Å². The van der Waals surface area contributed by atoms with Crippen LogP contribution in [0.4, 0.5) is 0 Å². The van der Waals surface area contributed by atoms with Gasteiger partial charge in [0.15, 0.2) is 5.41 Å². The summed E-state index contributed by atoms with van der Waals surface area (Å²) in [4.78, 5) is 26.6. The molecule has 1 atom stereocenters. The van der Waals surface area contributed by atoms with E-state index in [1.54, 1.807) is 0 Å². The molecule has 0 fully saturated rings. The number of carbonyl (C=O) groups excluding carboxylic acids is 1. The molecule has 18 heavy (non-hydrogen) atoms. The van der Waals surface area contributed by atoms with Gasteiger partial charge in [0, 0.05) is 17.6 Å². The summed E-state index contributed by atoms with van der Waals surface area (Å²) in [6, 6.07) is 1.39. The lowest BCUT2D eigenvalue weighted by Crippen LogP contribution is -2.39. The number of halogens is 2. The minimum absolute atomic E-state index is 0.127. The molecule has 0 aliphatic carbocycles. The van der Waals surface area contributed by atoms with Crippen LogP contribution >= 0.6 is 23.2 Å². The molecule has 0 aliphatic rings. The minimum atomic E-state index is -1.71. The Hall–Kier alpha value is -1.33. The van der Waals surface area contributed by atoms with E-state index in [4.69, 9.17) is 28.3 Å². The van der Waals surface area contributed by atoms with Crippen molar-refractivity contribution in [1.29, 1.82) is 0 Å². The zero-order valence-electron chi connectivity index (χ0n) is 9.74. The first-order chi connectivity index (χ1) is 8.31. The third kappa shape index (κ3) is 2.91. The standard InChI is InChI=1S/C11H11Cl2NO4/c1-11(9(15)16,10(17)18-2)4-6-5-14-8(13)3-7(6)12/h3,5H,4H2,1-2H3,(H,15,16). The number of rotatable bonds is 4. The van der Waals surface area contributed by atoms with Gasteiger partial charge in [-0.05, 0) is 18.6 Å². The molecule has 0 saturated heterocycles. The molecule has 1 heterocycles. The molecule has 0 aliphatic heterocycles. The van der Waals surface area contributed by atoms with Crippen molar-refractivity contribution in [3.63, 3.8) is 0 Å². The van der Waals surface area contributed by atoms with E-state index in [0.29, 0.717) is 5.56 Å². The van der Waals surface area contributed by atoms with Crippen LogP contribution in [0, 0.1) is 5.41 Å². The van der Waals surface area contributed by atoms with Crippen molar-refractivity contribution in [2.24, 2.45) is 5.41 Å². The summed E-state index contributed by atoms with van der Waals surface area (Å²) in [5.74, 6) is -2.14. The van der Waals surface area contributed by atoms with E-state index in [0.717, 1.165) is 7.11 Å².